The molecule has 0 saturated carbocycles. The van der Waals surface area contributed by atoms with Gasteiger partial charge in [-0.2, -0.15) is 13.2 Å². The third kappa shape index (κ3) is 5.73. The Hall–Kier alpha value is -2.78. The van der Waals surface area contributed by atoms with Crippen molar-refractivity contribution in [2.45, 2.75) is 33.0 Å². The van der Waals surface area contributed by atoms with E-state index in [4.69, 9.17) is 4.74 Å². The van der Waals surface area contributed by atoms with Gasteiger partial charge in [0, 0.05) is 45.0 Å². The molecule has 2 saturated heterocycles. The number of piperazine rings is 1. The number of nitrogens with zero attached hydrogens (tertiary/aromatic N) is 3. The van der Waals surface area contributed by atoms with Crippen LogP contribution in [-0.4, -0.2) is 69.3 Å². The Kier molecular flexibility index (Phi) is 7.56. The van der Waals surface area contributed by atoms with Crippen LogP contribution in [0.5, 0.6) is 0 Å². The summed E-state index contributed by atoms with van der Waals surface area (Å²) < 4.78 is 45.6. The molecule has 190 valence electrons. The van der Waals surface area contributed by atoms with Crippen LogP contribution >= 0.6 is 0 Å². The van der Waals surface area contributed by atoms with Crippen molar-refractivity contribution in [2.75, 3.05) is 67.6 Å². The van der Waals surface area contributed by atoms with Crippen LogP contribution in [-0.2, 0) is 15.7 Å². The number of anilines is 3. The van der Waals surface area contributed by atoms with E-state index in [0.717, 1.165) is 25.2 Å². The number of amides is 1. The summed E-state index contributed by atoms with van der Waals surface area (Å²) in [5.74, 6) is -0.306. The molecule has 2 aliphatic rings. The zero-order valence-electron chi connectivity index (χ0n) is 20.5. The first-order valence-electron chi connectivity index (χ1n) is 12.0. The highest BCUT2D eigenvalue weighted by Gasteiger charge is 2.33. The predicted molar refractivity (Wildman–Crippen MR) is 132 cm³/mol. The smallest absolute Gasteiger partial charge is 0.378 e. The predicted octanol–water partition coefficient (Wildman–Crippen LogP) is 4.31. The number of hydrogen-bond donors (Lipinski definition) is 1. The Labute approximate surface area is 204 Å². The molecule has 2 aromatic carbocycles. The van der Waals surface area contributed by atoms with Crippen molar-refractivity contribution in [1.82, 2.24) is 4.90 Å². The molecule has 0 bridgehead atoms. The fraction of sp³-hybridized carbons (Fsp3) is 0.500. The van der Waals surface area contributed by atoms with Gasteiger partial charge < -0.3 is 19.9 Å². The fourth-order valence-corrected chi connectivity index (χ4v) is 4.72. The first-order valence-corrected chi connectivity index (χ1v) is 12.0. The molecule has 9 heteroatoms. The Morgan fingerprint density at radius 1 is 0.943 bits per heavy atom. The number of morpholine rings is 1. The molecule has 0 aliphatic carbocycles. The number of alkyl halides is 3. The van der Waals surface area contributed by atoms with Crippen LogP contribution < -0.4 is 15.1 Å². The maximum atomic E-state index is 13.4. The lowest BCUT2D eigenvalue weighted by Crippen LogP contribution is -2.53. The van der Waals surface area contributed by atoms with Gasteiger partial charge in [0.25, 0.3) is 0 Å². The Balaban J connectivity index is 1.45. The number of carbonyl (C=O) groups is 1. The van der Waals surface area contributed by atoms with Gasteiger partial charge in [-0.3, -0.25) is 9.69 Å². The van der Waals surface area contributed by atoms with Gasteiger partial charge >= 0.3 is 6.18 Å². The number of nitrogens with one attached hydrogen (secondary N) is 1. The standard InChI is InChI=1S/C26H33F3N4O2/c1-18-5-4-6-23(19(18)2)32-11-9-31(10-12-32)20(3)25(34)30-22-17-21(26(27,28)29)7-8-24(22)33-13-15-35-16-14-33/h4-8,17,20H,9-16H2,1-3H3,(H,30,34)/t20-/m1/s1. The van der Waals surface area contributed by atoms with Crippen molar-refractivity contribution >= 4 is 23.0 Å². The number of halogens is 3. The minimum atomic E-state index is -4.49. The number of benzene rings is 2. The van der Waals surface area contributed by atoms with E-state index in [1.165, 1.54) is 22.9 Å². The largest absolute Gasteiger partial charge is 0.416 e. The number of hydrogen-bond acceptors (Lipinski definition) is 5. The van der Waals surface area contributed by atoms with Crippen LogP contribution in [0, 0.1) is 13.8 Å². The van der Waals surface area contributed by atoms with Crippen molar-refractivity contribution < 1.29 is 22.7 Å². The maximum absolute atomic E-state index is 13.4. The second-order valence-corrected chi connectivity index (χ2v) is 9.24. The Bertz CT molecular complexity index is 1050. The zero-order chi connectivity index (χ0) is 25.2. The third-order valence-electron chi connectivity index (χ3n) is 7.09. The van der Waals surface area contributed by atoms with E-state index in [9.17, 15) is 18.0 Å². The second kappa shape index (κ2) is 10.5. The molecule has 1 N–H and O–H groups in total. The van der Waals surface area contributed by atoms with Gasteiger partial charge in [0.15, 0.2) is 0 Å². The number of aryl methyl sites for hydroxylation is 1. The van der Waals surface area contributed by atoms with Crippen LogP contribution in [0.1, 0.15) is 23.6 Å². The van der Waals surface area contributed by atoms with Crippen LogP contribution in [0.25, 0.3) is 0 Å². The van der Waals surface area contributed by atoms with Crippen molar-refractivity contribution in [1.29, 1.82) is 0 Å². The van der Waals surface area contributed by atoms with Gasteiger partial charge in [-0.25, -0.2) is 0 Å². The van der Waals surface area contributed by atoms with Crippen molar-refractivity contribution in [3.05, 3.63) is 53.1 Å². The molecule has 4 rings (SSSR count). The average Bonchev–Trinajstić information content (AvgIpc) is 2.85. The molecule has 2 aromatic rings. The molecule has 2 fully saturated rings. The molecular formula is C26H33F3N4O2. The molecule has 35 heavy (non-hydrogen) atoms. The normalized spacial score (nSPS) is 18.5. The average molecular weight is 491 g/mol. The third-order valence-corrected chi connectivity index (χ3v) is 7.09. The van der Waals surface area contributed by atoms with E-state index < -0.39 is 17.8 Å². The van der Waals surface area contributed by atoms with Gasteiger partial charge in [0.05, 0.1) is 36.2 Å². The van der Waals surface area contributed by atoms with Gasteiger partial charge in [-0.05, 0) is 56.2 Å². The maximum Gasteiger partial charge on any atom is 0.416 e. The van der Waals surface area contributed by atoms with Crippen molar-refractivity contribution in [2.24, 2.45) is 0 Å². The molecular weight excluding hydrogens is 457 g/mol. The zero-order valence-corrected chi connectivity index (χ0v) is 20.5. The minimum Gasteiger partial charge on any atom is -0.378 e. The van der Waals surface area contributed by atoms with Crippen LogP contribution in [0.2, 0.25) is 0 Å². The quantitative estimate of drug-likeness (QED) is 0.677. The molecule has 0 radical (unpaired) electrons. The summed E-state index contributed by atoms with van der Waals surface area (Å²) in [7, 11) is 0. The van der Waals surface area contributed by atoms with Gasteiger partial charge in [-0.1, -0.05) is 12.1 Å². The lowest BCUT2D eigenvalue weighted by atomic mass is 10.1. The molecule has 1 atom stereocenters. The molecule has 0 unspecified atom stereocenters. The summed E-state index contributed by atoms with van der Waals surface area (Å²) in [6, 6.07) is 9.35. The van der Waals surface area contributed by atoms with E-state index in [1.807, 2.05) is 11.8 Å². The molecule has 0 spiro atoms. The highest BCUT2D eigenvalue weighted by molar-refractivity contribution is 5.97. The van der Waals surface area contributed by atoms with Gasteiger partial charge in [0.1, 0.15) is 0 Å². The highest BCUT2D eigenvalue weighted by atomic mass is 19.4. The second-order valence-electron chi connectivity index (χ2n) is 9.24. The summed E-state index contributed by atoms with van der Waals surface area (Å²) in [5, 5.41) is 2.80. The lowest BCUT2D eigenvalue weighted by Gasteiger charge is -2.39. The summed E-state index contributed by atoms with van der Waals surface area (Å²) in [6.45, 7) is 11.1. The molecule has 0 aromatic heterocycles. The van der Waals surface area contributed by atoms with E-state index in [2.05, 4.69) is 47.2 Å². The van der Waals surface area contributed by atoms with Crippen LogP contribution in [0.3, 0.4) is 0 Å². The van der Waals surface area contributed by atoms with Crippen molar-refractivity contribution in [3.63, 3.8) is 0 Å². The Morgan fingerprint density at radius 3 is 2.26 bits per heavy atom. The summed E-state index contributed by atoms with van der Waals surface area (Å²) in [4.78, 5) is 19.5. The monoisotopic (exact) mass is 490 g/mol. The van der Waals surface area contributed by atoms with E-state index in [1.54, 1.807) is 0 Å². The summed E-state index contributed by atoms with van der Waals surface area (Å²) in [6.07, 6.45) is -4.49. The van der Waals surface area contributed by atoms with Gasteiger partial charge in [0.2, 0.25) is 5.91 Å². The molecule has 6 nitrogen and oxygen atoms in total. The number of ether oxygens (including phenoxy) is 1. The first-order chi connectivity index (χ1) is 16.6. The summed E-state index contributed by atoms with van der Waals surface area (Å²) >= 11 is 0. The Morgan fingerprint density at radius 2 is 1.60 bits per heavy atom. The molecule has 2 aliphatic heterocycles. The SMILES string of the molecule is Cc1cccc(N2CCN([C@H](C)C(=O)Nc3cc(C(F)(F)F)ccc3N3CCOCC3)CC2)c1C. The lowest BCUT2D eigenvalue weighted by molar-refractivity contribution is -0.137. The van der Waals surface area contributed by atoms with Crippen LogP contribution in [0.4, 0.5) is 30.2 Å². The van der Waals surface area contributed by atoms with E-state index >= 15 is 0 Å². The molecule has 1 amide bonds. The number of rotatable bonds is 5. The number of carbonyl (C=O) groups excluding carboxylic acids is 1. The van der Waals surface area contributed by atoms with Crippen molar-refractivity contribution in [3.8, 4) is 0 Å². The summed E-state index contributed by atoms with van der Waals surface area (Å²) in [5.41, 5.74) is 3.71. The van der Waals surface area contributed by atoms with Gasteiger partial charge in [-0.15, -0.1) is 0 Å². The van der Waals surface area contributed by atoms with E-state index in [-0.39, 0.29) is 11.6 Å². The van der Waals surface area contributed by atoms with E-state index in [0.29, 0.717) is 45.1 Å². The van der Waals surface area contributed by atoms with Crippen LogP contribution in [0.15, 0.2) is 36.4 Å². The minimum absolute atomic E-state index is 0.188. The fourth-order valence-electron chi connectivity index (χ4n) is 4.72. The highest BCUT2D eigenvalue weighted by Crippen LogP contribution is 2.36. The first kappa shape index (κ1) is 25.3. The topological polar surface area (TPSA) is 48.0 Å². The molecule has 2 heterocycles.